The Kier molecular flexibility index (Phi) is 2.21. The average Bonchev–Trinajstić information content (AvgIpc) is 2.70. The molecule has 2 atom stereocenters. The number of thiazole rings is 1. The molecule has 0 spiro atoms. The minimum absolute atomic E-state index is 0.153. The van der Waals surface area contributed by atoms with Crippen LogP contribution in [0.3, 0.4) is 0 Å². The predicted octanol–water partition coefficient (Wildman–Crippen LogP) is 2.05. The van der Waals surface area contributed by atoms with E-state index >= 15 is 0 Å². The highest BCUT2D eigenvalue weighted by Crippen LogP contribution is 2.36. The molecule has 2 unspecified atom stereocenters. The van der Waals surface area contributed by atoms with E-state index in [1.807, 2.05) is 22.2 Å². The van der Waals surface area contributed by atoms with Gasteiger partial charge in [0.2, 0.25) is 0 Å². The van der Waals surface area contributed by atoms with Crippen molar-refractivity contribution in [1.82, 2.24) is 9.38 Å². The molecular weight excluding hydrogens is 224 g/mol. The fourth-order valence-corrected chi connectivity index (χ4v) is 3.00. The highest BCUT2D eigenvalue weighted by Gasteiger charge is 2.36. The number of nitrogens with zero attached hydrogens (tertiary/aromatic N) is 2. The maximum Gasteiger partial charge on any atom is 0.306 e. The van der Waals surface area contributed by atoms with Crippen LogP contribution in [0.4, 0.5) is 0 Å². The van der Waals surface area contributed by atoms with Crippen molar-refractivity contribution in [3.05, 3.63) is 23.5 Å². The smallest absolute Gasteiger partial charge is 0.306 e. The lowest BCUT2D eigenvalue weighted by Crippen LogP contribution is -2.34. The third kappa shape index (κ3) is 1.51. The molecule has 0 radical (unpaired) electrons. The van der Waals surface area contributed by atoms with Crippen molar-refractivity contribution in [2.45, 2.75) is 19.3 Å². The topological polar surface area (TPSA) is 54.6 Å². The van der Waals surface area contributed by atoms with Crippen molar-refractivity contribution >= 4 is 22.3 Å². The minimum Gasteiger partial charge on any atom is -0.481 e. The van der Waals surface area contributed by atoms with Gasteiger partial charge in [0.1, 0.15) is 0 Å². The molecular formula is C11H12N2O2S. The van der Waals surface area contributed by atoms with Crippen molar-refractivity contribution in [2.75, 3.05) is 0 Å². The minimum atomic E-state index is -0.655. The normalized spacial score (nSPS) is 24.5. The summed E-state index contributed by atoms with van der Waals surface area (Å²) >= 11 is 1.60. The second-order valence-corrected chi connectivity index (χ2v) is 5.18. The molecule has 2 aromatic heterocycles. The molecule has 1 saturated carbocycles. The highest BCUT2D eigenvalue weighted by atomic mass is 32.1. The molecule has 1 fully saturated rings. The summed E-state index contributed by atoms with van der Waals surface area (Å²) in [6.45, 7) is 0. The van der Waals surface area contributed by atoms with Gasteiger partial charge in [0.05, 0.1) is 11.6 Å². The Labute approximate surface area is 96.5 Å². The molecule has 3 rings (SSSR count). The van der Waals surface area contributed by atoms with E-state index in [9.17, 15) is 4.79 Å². The number of carboxylic acid groups (broad SMARTS) is 1. The van der Waals surface area contributed by atoms with Gasteiger partial charge in [-0.1, -0.05) is 0 Å². The fraction of sp³-hybridized carbons (Fsp3) is 0.455. The summed E-state index contributed by atoms with van der Waals surface area (Å²) in [7, 11) is 0. The van der Waals surface area contributed by atoms with E-state index < -0.39 is 5.97 Å². The van der Waals surface area contributed by atoms with Crippen LogP contribution in [0.5, 0.6) is 0 Å². The quantitative estimate of drug-likeness (QED) is 0.887. The van der Waals surface area contributed by atoms with Crippen LogP contribution in [0.25, 0.3) is 4.96 Å². The number of aromatic nitrogens is 2. The third-order valence-corrected chi connectivity index (χ3v) is 4.12. The van der Waals surface area contributed by atoms with E-state index in [0.717, 1.165) is 29.9 Å². The van der Waals surface area contributed by atoms with Gasteiger partial charge in [-0.3, -0.25) is 9.20 Å². The van der Waals surface area contributed by atoms with Gasteiger partial charge in [-0.05, 0) is 25.2 Å². The van der Waals surface area contributed by atoms with E-state index in [1.54, 1.807) is 11.3 Å². The van der Waals surface area contributed by atoms with E-state index in [1.165, 1.54) is 0 Å². The first-order valence-corrected chi connectivity index (χ1v) is 6.26. The fourth-order valence-electron chi connectivity index (χ4n) is 2.28. The second kappa shape index (κ2) is 3.59. The first kappa shape index (κ1) is 9.84. The molecule has 84 valence electrons. The lowest BCUT2D eigenvalue weighted by molar-refractivity contribution is -0.147. The molecule has 0 amide bonds. The molecule has 2 heterocycles. The van der Waals surface area contributed by atoms with Crippen molar-refractivity contribution < 1.29 is 9.90 Å². The molecule has 0 saturated heterocycles. The summed E-state index contributed by atoms with van der Waals surface area (Å²) in [6.07, 6.45) is 6.62. The van der Waals surface area contributed by atoms with Crippen LogP contribution in [-0.4, -0.2) is 20.5 Å². The van der Waals surface area contributed by atoms with Gasteiger partial charge in [-0.15, -0.1) is 11.3 Å². The van der Waals surface area contributed by atoms with Gasteiger partial charge in [-0.2, -0.15) is 0 Å². The molecule has 4 nitrogen and oxygen atoms in total. The van der Waals surface area contributed by atoms with E-state index in [4.69, 9.17) is 5.11 Å². The second-order valence-electron chi connectivity index (χ2n) is 4.31. The number of fused-ring (bicyclic) bond motifs is 1. The molecule has 2 aromatic rings. The van der Waals surface area contributed by atoms with Crippen LogP contribution in [0.2, 0.25) is 0 Å². The number of aliphatic carboxylic acids is 1. The Balaban J connectivity index is 1.75. The molecule has 0 bridgehead atoms. The summed E-state index contributed by atoms with van der Waals surface area (Å²) in [5.74, 6) is -0.529. The van der Waals surface area contributed by atoms with Gasteiger partial charge >= 0.3 is 5.97 Å². The lowest BCUT2D eigenvalue weighted by Gasteiger charge is -2.32. The Hall–Kier alpha value is -1.36. The largest absolute Gasteiger partial charge is 0.481 e. The number of carboxylic acids is 1. The van der Waals surface area contributed by atoms with Gasteiger partial charge < -0.3 is 5.11 Å². The van der Waals surface area contributed by atoms with Crippen molar-refractivity contribution in [2.24, 2.45) is 11.8 Å². The highest BCUT2D eigenvalue weighted by molar-refractivity contribution is 7.15. The number of hydrogen-bond acceptors (Lipinski definition) is 3. The van der Waals surface area contributed by atoms with Crippen molar-refractivity contribution in [3.63, 3.8) is 0 Å². The van der Waals surface area contributed by atoms with Crippen LogP contribution < -0.4 is 0 Å². The summed E-state index contributed by atoms with van der Waals surface area (Å²) in [4.78, 5) is 16.3. The van der Waals surface area contributed by atoms with E-state index in [-0.39, 0.29) is 11.8 Å². The standard InChI is InChI=1S/C11H12N2O2S/c14-10(15)9-2-1-7(9)5-8-6-13-3-4-16-11(13)12-8/h3-4,6-7,9H,1-2,5H2,(H,14,15). The monoisotopic (exact) mass is 236 g/mol. The number of hydrogen-bond donors (Lipinski definition) is 1. The van der Waals surface area contributed by atoms with Crippen LogP contribution in [-0.2, 0) is 11.2 Å². The number of imidazole rings is 1. The van der Waals surface area contributed by atoms with E-state index in [2.05, 4.69) is 4.98 Å². The molecule has 0 aromatic carbocycles. The Morgan fingerprint density at radius 1 is 1.62 bits per heavy atom. The zero-order valence-corrected chi connectivity index (χ0v) is 9.48. The Bertz CT molecular complexity index is 502. The summed E-state index contributed by atoms with van der Waals surface area (Å²) in [5, 5.41) is 11.0. The van der Waals surface area contributed by atoms with Crippen molar-refractivity contribution in [3.8, 4) is 0 Å². The summed E-state index contributed by atoms with van der Waals surface area (Å²) in [5.41, 5.74) is 1.02. The van der Waals surface area contributed by atoms with Gasteiger partial charge in [0.25, 0.3) is 0 Å². The van der Waals surface area contributed by atoms with Crippen LogP contribution in [0.1, 0.15) is 18.5 Å². The Morgan fingerprint density at radius 3 is 3.12 bits per heavy atom. The van der Waals surface area contributed by atoms with Crippen molar-refractivity contribution in [1.29, 1.82) is 0 Å². The maximum absolute atomic E-state index is 10.9. The molecule has 1 aliphatic rings. The molecule has 5 heteroatoms. The van der Waals surface area contributed by atoms with Gasteiger partial charge in [0.15, 0.2) is 4.96 Å². The SMILES string of the molecule is O=C(O)C1CCC1Cc1cn2ccsc2n1. The van der Waals surface area contributed by atoms with E-state index in [0.29, 0.717) is 0 Å². The lowest BCUT2D eigenvalue weighted by atomic mass is 9.71. The van der Waals surface area contributed by atoms with Crippen LogP contribution >= 0.6 is 11.3 Å². The van der Waals surface area contributed by atoms with Gasteiger partial charge in [0, 0.05) is 17.8 Å². The zero-order chi connectivity index (χ0) is 11.1. The van der Waals surface area contributed by atoms with Crippen LogP contribution in [0, 0.1) is 11.8 Å². The summed E-state index contributed by atoms with van der Waals surface area (Å²) in [6, 6.07) is 0. The molecule has 16 heavy (non-hydrogen) atoms. The molecule has 1 aliphatic carbocycles. The predicted molar refractivity (Wildman–Crippen MR) is 60.6 cm³/mol. The Morgan fingerprint density at radius 2 is 2.50 bits per heavy atom. The summed E-state index contributed by atoms with van der Waals surface area (Å²) < 4.78 is 1.99. The first-order chi connectivity index (χ1) is 7.74. The van der Waals surface area contributed by atoms with Crippen LogP contribution in [0.15, 0.2) is 17.8 Å². The maximum atomic E-state index is 10.9. The molecule has 1 N–H and O–H groups in total. The zero-order valence-electron chi connectivity index (χ0n) is 8.67. The average molecular weight is 236 g/mol. The van der Waals surface area contributed by atoms with Gasteiger partial charge in [-0.25, -0.2) is 4.98 Å². The third-order valence-electron chi connectivity index (χ3n) is 3.35. The molecule has 0 aliphatic heterocycles. The number of carbonyl (C=O) groups is 1. The first-order valence-electron chi connectivity index (χ1n) is 5.38. The number of rotatable bonds is 3.